The van der Waals surface area contributed by atoms with Gasteiger partial charge in [0.2, 0.25) is 5.95 Å². The minimum atomic E-state index is -0.862. The van der Waals surface area contributed by atoms with E-state index in [0.717, 1.165) is 18.5 Å². The highest BCUT2D eigenvalue weighted by Crippen LogP contribution is 2.07. The van der Waals surface area contributed by atoms with Crippen LogP contribution in [0.3, 0.4) is 0 Å². The lowest BCUT2D eigenvalue weighted by Crippen LogP contribution is -2.30. The van der Waals surface area contributed by atoms with Gasteiger partial charge in [0.15, 0.2) is 0 Å². The Bertz CT molecular complexity index is 355. The molecule has 0 aliphatic heterocycles. The van der Waals surface area contributed by atoms with Crippen LogP contribution in [0.15, 0.2) is 12.3 Å². The van der Waals surface area contributed by atoms with Gasteiger partial charge in [-0.1, -0.05) is 19.8 Å². The topological polar surface area (TPSA) is 75.1 Å². The number of rotatable bonds is 6. The fraction of sp³-hybridized carbons (Fsp3) is 0.545. The molecule has 0 amide bonds. The highest BCUT2D eigenvalue weighted by Gasteiger charge is 2.17. The van der Waals surface area contributed by atoms with E-state index in [-0.39, 0.29) is 0 Å². The number of nitrogens with zero attached hydrogens (tertiary/aromatic N) is 2. The van der Waals surface area contributed by atoms with Crippen LogP contribution in [0.2, 0.25) is 0 Å². The van der Waals surface area contributed by atoms with Crippen molar-refractivity contribution in [3.05, 3.63) is 18.0 Å². The molecule has 1 rings (SSSR count). The molecule has 2 N–H and O–H groups in total. The molecule has 5 heteroatoms. The number of anilines is 1. The second-order valence-electron chi connectivity index (χ2n) is 3.70. The minimum absolute atomic E-state index is 0.378. The zero-order valence-electron chi connectivity index (χ0n) is 9.60. The van der Waals surface area contributed by atoms with Gasteiger partial charge in [0.1, 0.15) is 6.04 Å². The Labute approximate surface area is 94.9 Å². The summed E-state index contributed by atoms with van der Waals surface area (Å²) in [5.74, 6) is -0.484. The summed E-state index contributed by atoms with van der Waals surface area (Å²) in [5.41, 5.74) is 0.817. The van der Waals surface area contributed by atoms with Gasteiger partial charge in [-0.15, -0.1) is 0 Å². The molecule has 0 spiro atoms. The Balaban J connectivity index is 2.64. The molecule has 0 saturated carbocycles. The molecule has 0 saturated heterocycles. The summed E-state index contributed by atoms with van der Waals surface area (Å²) in [6, 6.07) is 1.16. The molecule has 0 bridgehead atoms. The third-order valence-corrected chi connectivity index (χ3v) is 2.24. The largest absolute Gasteiger partial charge is 0.480 e. The maximum absolute atomic E-state index is 11.0. The molecule has 0 fully saturated rings. The molecule has 0 radical (unpaired) electrons. The third-order valence-electron chi connectivity index (χ3n) is 2.24. The Hall–Kier alpha value is -1.65. The zero-order valence-corrected chi connectivity index (χ0v) is 9.60. The van der Waals surface area contributed by atoms with E-state index in [4.69, 9.17) is 5.11 Å². The second-order valence-corrected chi connectivity index (χ2v) is 3.70. The molecule has 1 heterocycles. The number of nitrogens with one attached hydrogen (secondary N) is 1. The number of aliphatic carboxylic acids is 1. The fourth-order valence-electron chi connectivity index (χ4n) is 1.34. The molecule has 88 valence electrons. The summed E-state index contributed by atoms with van der Waals surface area (Å²) in [7, 11) is 0. The van der Waals surface area contributed by atoms with E-state index in [1.165, 1.54) is 0 Å². The lowest BCUT2D eigenvalue weighted by molar-refractivity contribution is -0.138. The van der Waals surface area contributed by atoms with E-state index in [9.17, 15) is 4.79 Å². The first-order valence-corrected chi connectivity index (χ1v) is 5.42. The number of carbonyl (C=O) groups is 1. The van der Waals surface area contributed by atoms with Crippen molar-refractivity contribution in [2.24, 2.45) is 0 Å². The predicted octanol–water partition coefficient (Wildman–Crippen LogP) is 1.84. The van der Waals surface area contributed by atoms with E-state index in [1.54, 1.807) is 12.3 Å². The van der Waals surface area contributed by atoms with Crippen LogP contribution in [0.4, 0.5) is 5.95 Å². The maximum Gasteiger partial charge on any atom is 0.326 e. The SMILES string of the molecule is CCCCC(Nc1nccc(C)n1)C(=O)O. The first-order valence-electron chi connectivity index (χ1n) is 5.42. The van der Waals surface area contributed by atoms with Crippen molar-refractivity contribution in [1.29, 1.82) is 0 Å². The van der Waals surface area contributed by atoms with Gasteiger partial charge in [-0.3, -0.25) is 0 Å². The van der Waals surface area contributed by atoms with Gasteiger partial charge in [-0.05, 0) is 19.4 Å². The number of carboxylic acid groups (broad SMARTS) is 1. The van der Waals surface area contributed by atoms with E-state index < -0.39 is 12.0 Å². The van der Waals surface area contributed by atoms with Crippen molar-refractivity contribution in [3.63, 3.8) is 0 Å². The van der Waals surface area contributed by atoms with Crippen molar-refractivity contribution in [2.75, 3.05) is 5.32 Å². The third kappa shape index (κ3) is 3.84. The predicted molar refractivity (Wildman–Crippen MR) is 61.3 cm³/mol. The molecule has 16 heavy (non-hydrogen) atoms. The Morgan fingerprint density at radius 1 is 1.62 bits per heavy atom. The highest BCUT2D eigenvalue weighted by atomic mass is 16.4. The van der Waals surface area contributed by atoms with Crippen LogP contribution in [-0.4, -0.2) is 27.1 Å². The molecule has 1 unspecified atom stereocenters. The number of hydrogen-bond donors (Lipinski definition) is 2. The molecular weight excluding hydrogens is 206 g/mol. The molecule has 0 aliphatic carbocycles. The lowest BCUT2D eigenvalue weighted by atomic mass is 10.1. The summed E-state index contributed by atoms with van der Waals surface area (Å²) in [6.07, 6.45) is 4.04. The lowest BCUT2D eigenvalue weighted by Gasteiger charge is -2.13. The van der Waals surface area contributed by atoms with E-state index in [0.29, 0.717) is 12.4 Å². The quantitative estimate of drug-likeness (QED) is 0.769. The number of unbranched alkanes of at least 4 members (excludes halogenated alkanes) is 1. The molecule has 1 aromatic rings. The standard InChI is InChI=1S/C11H17N3O2/c1-3-4-5-9(10(15)16)14-11-12-7-6-8(2)13-11/h6-7,9H,3-5H2,1-2H3,(H,15,16)(H,12,13,14). The molecule has 1 atom stereocenters. The number of aryl methyl sites for hydroxylation is 1. The Kier molecular flexibility index (Phi) is 4.69. The highest BCUT2D eigenvalue weighted by molar-refractivity contribution is 5.76. The fourth-order valence-corrected chi connectivity index (χ4v) is 1.34. The molecule has 0 aliphatic rings. The molecule has 5 nitrogen and oxygen atoms in total. The average molecular weight is 223 g/mol. The van der Waals surface area contributed by atoms with Gasteiger partial charge >= 0.3 is 5.97 Å². The number of carboxylic acids is 1. The van der Waals surface area contributed by atoms with E-state index in [1.807, 2.05) is 13.8 Å². The minimum Gasteiger partial charge on any atom is -0.480 e. The monoisotopic (exact) mass is 223 g/mol. The van der Waals surface area contributed by atoms with Crippen molar-refractivity contribution in [1.82, 2.24) is 9.97 Å². The molecule has 0 aromatic carbocycles. The summed E-state index contributed by atoms with van der Waals surface area (Å²) >= 11 is 0. The number of hydrogen-bond acceptors (Lipinski definition) is 4. The average Bonchev–Trinajstić information content (AvgIpc) is 2.24. The van der Waals surface area contributed by atoms with Crippen molar-refractivity contribution >= 4 is 11.9 Å². The summed E-state index contributed by atoms with van der Waals surface area (Å²) in [5, 5.41) is 11.8. The molecule has 1 aromatic heterocycles. The van der Waals surface area contributed by atoms with Crippen LogP contribution in [0.25, 0.3) is 0 Å². The maximum atomic E-state index is 11.0. The van der Waals surface area contributed by atoms with Crippen LogP contribution < -0.4 is 5.32 Å². The van der Waals surface area contributed by atoms with Crippen LogP contribution in [0.1, 0.15) is 31.9 Å². The first-order chi connectivity index (χ1) is 7.63. The van der Waals surface area contributed by atoms with Crippen molar-refractivity contribution < 1.29 is 9.90 Å². The van der Waals surface area contributed by atoms with Crippen LogP contribution >= 0.6 is 0 Å². The second kappa shape index (κ2) is 6.05. The normalized spacial score (nSPS) is 12.1. The van der Waals surface area contributed by atoms with Crippen LogP contribution in [0, 0.1) is 6.92 Å². The molecular formula is C11H17N3O2. The van der Waals surface area contributed by atoms with Crippen LogP contribution in [-0.2, 0) is 4.79 Å². The summed E-state index contributed by atoms with van der Waals surface area (Å²) < 4.78 is 0. The smallest absolute Gasteiger partial charge is 0.326 e. The first kappa shape index (κ1) is 12.4. The van der Waals surface area contributed by atoms with Crippen molar-refractivity contribution in [3.8, 4) is 0 Å². The van der Waals surface area contributed by atoms with Crippen molar-refractivity contribution in [2.45, 2.75) is 39.2 Å². The zero-order chi connectivity index (χ0) is 12.0. The van der Waals surface area contributed by atoms with Gasteiger partial charge in [-0.25, -0.2) is 14.8 Å². The summed E-state index contributed by atoms with van der Waals surface area (Å²) in [6.45, 7) is 3.87. The van der Waals surface area contributed by atoms with Gasteiger partial charge in [0.25, 0.3) is 0 Å². The van der Waals surface area contributed by atoms with Gasteiger partial charge in [0.05, 0.1) is 0 Å². The van der Waals surface area contributed by atoms with E-state index >= 15 is 0 Å². The summed E-state index contributed by atoms with van der Waals surface area (Å²) in [4.78, 5) is 19.1. The van der Waals surface area contributed by atoms with Gasteiger partial charge in [0, 0.05) is 11.9 Å². The van der Waals surface area contributed by atoms with E-state index in [2.05, 4.69) is 15.3 Å². The number of aromatic nitrogens is 2. The van der Waals surface area contributed by atoms with Gasteiger partial charge in [-0.2, -0.15) is 0 Å². The Morgan fingerprint density at radius 3 is 2.94 bits per heavy atom. The Morgan fingerprint density at radius 2 is 2.38 bits per heavy atom. The van der Waals surface area contributed by atoms with Gasteiger partial charge < -0.3 is 10.4 Å². The van der Waals surface area contributed by atoms with Crippen LogP contribution in [0.5, 0.6) is 0 Å².